The van der Waals surface area contributed by atoms with Crippen molar-refractivity contribution in [2.45, 2.75) is 119 Å². The van der Waals surface area contributed by atoms with Crippen LogP contribution < -0.4 is 0 Å². The number of rotatable bonds is 2. The molecule has 38 heavy (non-hydrogen) atoms. The Balaban J connectivity index is 1.33. The van der Waals surface area contributed by atoms with Crippen LogP contribution in [0, 0.1) is 56.7 Å². The Morgan fingerprint density at radius 2 is 1.66 bits per heavy atom. The largest absolute Gasteiger partial charge is 0.463 e. The Hall–Kier alpha value is -1.65. The van der Waals surface area contributed by atoms with E-state index < -0.39 is 6.09 Å². The molecule has 0 aromatic carbocycles. The molecule has 210 valence electrons. The molecule has 1 heterocycles. The molecule has 0 bridgehead atoms. The lowest BCUT2D eigenvalue weighted by molar-refractivity contribution is -0.237. The number of hydrogen-bond acceptors (Lipinski definition) is 3. The van der Waals surface area contributed by atoms with Gasteiger partial charge in [0.1, 0.15) is 0 Å². The first-order valence-electron chi connectivity index (χ1n) is 15.5. The summed E-state index contributed by atoms with van der Waals surface area (Å²) >= 11 is 0. The summed E-state index contributed by atoms with van der Waals surface area (Å²) in [4.78, 5) is 11.5. The molecule has 0 radical (unpaired) electrons. The van der Waals surface area contributed by atoms with Gasteiger partial charge in [-0.25, -0.2) is 4.79 Å². The molecule has 1 aromatic rings. The molecule has 0 saturated heterocycles. The highest BCUT2D eigenvalue weighted by Crippen LogP contribution is 2.78. The number of allylic oxidation sites excluding steroid dienone is 1. The summed E-state index contributed by atoms with van der Waals surface area (Å²) in [6.07, 6.45) is 13.8. The van der Waals surface area contributed by atoms with Crippen molar-refractivity contribution < 1.29 is 9.90 Å². The van der Waals surface area contributed by atoms with Crippen LogP contribution in [0.1, 0.15) is 124 Å². The summed E-state index contributed by atoms with van der Waals surface area (Å²) in [5, 5.41) is 17.7. The predicted octanol–water partition coefficient (Wildman–Crippen LogP) is 8.57. The second-order valence-corrected chi connectivity index (χ2v) is 16.1. The Bertz CT molecular complexity index is 1150. The molecule has 6 rings (SSSR count). The highest BCUT2D eigenvalue weighted by atomic mass is 16.4. The van der Waals surface area contributed by atoms with Crippen molar-refractivity contribution in [1.29, 1.82) is 0 Å². The van der Waals surface area contributed by atoms with Crippen LogP contribution in [0.2, 0.25) is 0 Å². The van der Waals surface area contributed by atoms with Crippen LogP contribution in [0.25, 0.3) is 0 Å². The summed E-state index contributed by atoms with van der Waals surface area (Å²) in [5.41, 5.74) is 3.96. The number of nitrogens with zero attached hydrogens (tertiary/aromatic N) is 3. The molecule has 5 fully saturated rings. The fraction of sp³-hybridized carbons (Fsp3) is 0.848. The van der Waals surface area contributed by atoms with Crippen molar-refractivity contribution in [3.8, 4) is 0 Å². The molecule has 5 aliphatic rings. The van der Waals surface area contributed by atoms with Gasteiger partial charge < -0.3 is 5.11 Å². The van der Waals surface area contributed by atoms with Gasteiger partial charge in [0.2, 0.25) is 0 Å². The number of hydrogen-bond donors (Lipinski definition) is 1. The molecule has 5 heteroatoms. The summed E-state index contributed by atoms with van der Waals surface area (Å²) in [6, 6.07) is 0. The van der Waals surface area contributed by atoms with E-state index in [9.17, 15) is 9.90 Å². The van der Waals surface area contributed by atoms with Gasteiger partial charge in [-0.2, -0.15) is 4.68 Å². The molecule has 5 saturated carbocycles. The van der Waals surface area contributed by atoms with Gasteiger partial charge in [0.25, 0.3) is 0 Å². The molecule has 1 aromatic heterocycles. The van der Waals surface area contributed by atoms with Gasteiger partial charge in [0.05, 0.1) is 11.9 Å². The number of aromatic nitrogens is 3. The second kappa shape index (κ2) is 8.19. The van der Waals surface area contributed by atoms with Crippen molar-refractivity contribution in [3.63, 3.8) is 0 Å². The fourth-order valence-electron chi connectivity index (χ4n) is 12.6. The second-order valence-electron chi connectivity index (χ2n) is 16.1. The van der Waals surface area contributed by atoms with Gasteiger partial charge in [-0.15, -0.1) is 5.10 Å². The van der Waals surface area contributed by atoms with E-state index >= 15 is 0 Å². The van der Waals surface area contributed by atoms with Crippen LogP contribution in [0.3, 0.4) is 0 Å². The highest BCUT2D eigenvalue weighted by molar-refractivity contribution is 5.66. The predicted molar refractivity (Wildman–Crippen MR) is 151 cm³/mol. The minimum atomic E-state index is -1.06. The van der Waals surface area contributed by atoms with E-state index in [4.69, 9.17) is 0 Å². The van der Waals surface area contributed by atoms with Crippen molar-refractivity contribution in [2.24, 2.45) is 56.7 Å². The van der Waals surface area contributed by atoms with Gasteiger partial charge in [0, 0.05) is 5.92 Å². The normalized spacial score (nSPS) is 49.3. The molecule has 10 atom stereocenters. The maximum absolute atomic E-state index is 11.5. The molecule has 5 aliphatic carbocycles. The quantitative estimate of drug-likeness (QED) is 0.396. The van der Waals surface area contributed by atoms with E-state index in [-0.39, 0.29) is 11.3 Å². The number of carbonyl (C=O) groups is 1. The zero-order chi connectivity index (χ0) is 27.5. The molecular formula is C33H51N3O2. The number of fused-ring (bicyclic) bond motifs is 7. The summed E-state index contributed by atoms with van der Waals surface area (Å²) in [7, 11) is 0. The molecular weight excluding hydrogens is 470 g/mol. The van der Waals surface area contributed by atoms with Gasteiger partial charge in [-0.3, -0.25) is 0 Å². The Kier molecular flexibility index (Phi) is 5.73. The Labute approximate surface area is 230 Å². The molecule has 0 amide bonds. The van der Waals surface area contributed by atoms with Crippen molar-refractivity contribution in [1.82, 2.24) is 15.0 Å². The van der Waals surface area contributed by atoms with Crippen LogP contribution in [-0.2, 0) is 0 Å². The molecule has 5 nitrogen and oxygen atoms in total. The lowest BCUT2D eigenvalue weighted by atomic mass is 9.32. The van der Waals surface area contributed by atoms with Crippen LogP contribution in [0.5, 0.6) is 0 Å². The summed E-state index contributed by atoms with van der Waals surface area (Å²) in [6.45, 7) is 22.4. The van der Waals surface area contributed by atoms with Crippen molar-refractivity contribution >= 4 is 6.09 Å². The Morgan fingerprint density at radius 1 is 0.921 bits per heavy atom. The maximum Gasteiger partial charge on any atom is 0.433 e. The lowest BCUT2D eigenvalue weighted by Gasteiger charge is -2.73. The maximum atomic E-state index is 11.5. The third kappa shape index (κ3) is 3.25. The van der Waals surface area contributed by atoms with E-state index in [1.807, 2.05) is 0 Å². The minimum absolute atomic E-state index is 0.0626. The summed E-state index contributed by atoms with van der Waals surface area (Å²) in [5.74, 6) is 3.97. The van der Waals surface area contributed by atoms with Crippen LogP contribution in [0.15, 0.2) is 18.3 Å². The van der Waals surface area contributed by atoms with Crippen LogP contribution in [-0.4, -0.2) is 26.2 Å². The van der Waals surface area contributed by atoms with E-state index in [2.05, 4.69) is 65.4 Å². The summed E-state index contributed by atoms with van der Waals surface area (Å²) < 4.78 is 0.983. The first-order valence-corrected chi connectivity index (χ1v) is 15.5. The standard InChI is InChI=1S/C33H51N3O2/c1-20(2)21-11-14-30(5)17-18-32(7)23(27(21)30)9-10-26-31(6)15-12-22(24-19-36(28(37)38)35-34-24)29(3,4)25(31)13-16-33(26,32)8/h19,21-23,25-27H,1,9-18H2,2-8H3,(H,37,38)/t21-,22+,23+,25-,26+,27+,30+,31-,32+,33+/m0/s1. The van der Waals surface area contributed by atoms with E-state index in [0.29, 0.717) is 33.5 Å². The van der Waals surface area contributed by atoms with Crippen molar-refractivity contribution in [2.75, 3.05) is 0 Å². The average molecular weight is 522 g/mol. The monoisotopic (exact) mass is 521 g/mol. The Morgan fingerprint density at radius 3 is 2.32 bits per heavy atom. The molecule has 0 aliphatic heterocycles. The smallest absolute Gasteiger partial charge is 0.433 e. The van der Waals surface area contributed by atoms with Gasteiger partial charge in [0.15, 0.2) is 0 Å². The topological polar surface area (TPSA) is 68.0 Å². The zero-order valence-corrected chi connectivity index (χ0v) is 25.0. The minimum Gasteiger partial charge on any atom is -0.463 e. The van der Waals surface area contributed by atoms with Crippen LogP contribution in [0.4, 0.5) is 4.79 Å². The first kappa shape index (κ1) is 26.6. The van der Waals surface area contributed by atoms with E-state index in [1.54, 1.807) is 6.20 Å². The fourth-order valence-corrected chi connectivity index (χ4v) is 12.6. The van der Waals surface area contributed by atoms with E-state index in [1.165, 1.54) is 63.4 Å². The molecule has 0 spiro atoms. The van der Waals surface area contributed by atoms with Gasteiger partial charge in [-0.05, 0) is 128 Å². The third-order valence-electron chi connectivity index (χ3n) is 14.6. The highest BCUT2D eigenvalue weighted by Gasteiger charge is 2.70. The lowest BCUT2D eigenvalue weighted by Crippen LogP contribution is -2.65. The van der Waals surface area contributed by atoms with Crippen LogP contribution >= 0.6 is 0 Å². The molecule has 0 unspecified atom stereocenters. The van der Waals surface area contributed by atoms with Crippen molar-refractivity contribution in [3.05, 3.63) is 24.0 Å². The molecule has 1 N–H and O–H groups in total. The van der Waals surface area contributed by atoms with Gasteiger partial charge >= 0.3 is 6.09 Å². The zero-order valence-electron chi connectivity index (χ0n) is 25.0. The van der Waals surface area contributed by atoms with Gasteiger partial charge in [-0.1, -0.05) is 58.9 Å². The SMILES string of the molecule is C=C(C)[C@@H]1CC[C@]2(C)CC[C@]3(C)[C@H](CC[C@@H]4[C@@]5(C)CC[C@H](c6cn(C(=O)O)nn6)C(C)(C)[C@@H]5CC[C@]43C)[C@@H]12. The first-order chi connectivity index (χ1) is 17.7. The number of carboxylic acid groups (broad SMARTS) is 1. The van der Waals surface area contributed by atoms with E-state index in [0.717, 1.165) is 34.6 Å². The average Bonchev–Trinajstić information content (AvgIpc) is 3.44. The third-order valence-corrected chi connectivity index (χ3v) is 14.6.